The van der Waals surface area contributed by atoms with Crippen LogP contribution in [0, 0.1) is 5.95 Å². The van der Waals surface area contributed by atoms with E-state index in [4.69, 9.17) is 0 Å². The van der Waals surface area contributed by atoms with Gasteiger partial charge in [-0.3, -0.25) is 4.79 Å². The zero-order valence-electron chi connectivity index (χ0n) is 14.8. The van der Waals surface area contributed by atoms with E-state index in [0.29, 0.717) is 5.56 Å². The monoisotopic (exact) mass is 373 g/mol. The first kappa shape index (κ1) is 19.0. The van der Waals surface area contributed by atoms with Gasteiger partial charge in [-0.25, -0.2) is 9.07 Å². The molecule has 6 nitrogen and oxygen atoms in total. The van der Waals surface area contributed by atoms with Gasteiger partial charge >= 0.3 is 7.12 Å². The third kappa shape index (κ3) is 3.69. The fraction of sp³-hybridized carbons (Fsp3) is 0.222. The van der Waals surface area contributed by atoms with Crippen LogP contribution in [0.1, 0.15) is 22.1 Å². The van der Waals surface area contributed by atoms with Crippen LogP contribution in [-0.4, -0.2) is 51.8 Å². The van der Waals surface area contributed by atoms with Crippen LogP contribution in [0.25, 0.3) is 10.9 Å². The van der Waals surface area contributed by atoms with E-state index in [1.807, 2.05) is 0 Å². The topological polar surface area (TPSA) is 78.6 Å². The Bertz CT molecular complexity index is 974. The molecule has 3 rings (SSSR count). The molecule has 0 spiro atoms. The Morgan fingerprint density at radius 1 is 1.22 bits per heavy atom. The van der Waals surface area contributed by atoms with Gasteiger partial charge in [-0.2, -0.15) is 9.49 Å². The summed E-state index contributed by atoms with van der Waals surface area (Å²) in [6.45, 7) is -0.386. The van der Waals surface area contributed by atoms with Crippen LogP contribution in [0.2, 0.25) is 0 Å². The van der Waals surface area contributed by atoms with Crippen LogP contribution in [0.15, 0.2) is 42.5 Å². The first-order chi connectivity index (χ1) is 12.8. The molecule has 2 aromatic carbocycles. The van der Waals surface area contributed by atoms with Gasteiger partial charge in [-0.15, -0.1) is 0 Å². The molecule has 1 aromatic heterocycles. The van der Waals surface area contributed by atoms with Crippen molar-refractivity contribution in [1.82, 2.24) is 14.7 Å². The lowest BCUT2D eigenvalue weighted by molar-refractivity contribution is 0.0827. The Kier molecular flexibility index (Phi) is 5.25. The zero-order chi connectivity index (χ0) is 19.7. The molecule has 1 amide bonds. The summed E-state index contributed by atoms with van der Waals surface area (Å²) in [5.41, 5.74) is 0.885. The highest BCUT2D eigenvalue weighted by molar-refractivity contribution is 6.61. The highest BCUT2D eigenvalue weighted by atomic mass is 19.1. The Morgan fingerprint density at radius 2 is 1.89 bits per heavy atom. The number of aromatic nitrogens is 2. The smallest absolute Gasteiger partial charge is 0.423 e. The third-order valence-electron chi connectivity index (χ3n) is 4.27. The fourth-order valence-corrected chi connectivity index (χ4v) is 2.85. The highest BCUT2D eigenvalue weighted by Gasteiger charge is 2.23. The molecule has 0 radical (unpaired) electrons. The Morgan fingerprint density at radius 3 is 2.48 bits per heavy atom. The molecule has 0 bridgehead atoms. The standard InChI is InChI=1S/C18H18BF2N3O3/c1-23(2)18(25)12-8-6-11(7-9-12)14(20)10-24-17(21)16-13(19(26)27)4-3-5-15(16)22-24/h3-9,14,26-27H,10H2,1-2H3/t14-/m0/s1. The van der Waals surface area contributed by atoms with E-state index in [1.54, 1.807) is 14.1 Å². The van der Waals surface area contributed by atoms with E-state index < -0.39 is 19.2 Å². The van der Waals surface area contributed by atoms with Crippen molar-refractivity contribution in [3.63, 3.8) is 0 Å². The van der Waals surface area contributed by atoms with Gasteiger partial charge in [0.2, 0.25) is 5.95 Å². The van der Waals surface area contributed by atoms with Crippen molar-refractivity contribution in [1.29, 1.82) is 0 Å². The molecule has 0 aliphatic carbocycles. The molecule has 1 heterocycles. The van der Waals surface area contributed by atoms with E-state index in [-0.39, 0.29) is 34.4 Å². The number of hydrogen-bond acceptors (Lipinski definition) is 4. The first-order valence-corrected chi connectivity index (χ1v) is 8.26. The maximum Gasteiger partial charge on any atom is 0.489 e. The molecule has 0 aliphatic rings. The van der Waals surface area contributed by atoms with Crippen molar-refractivity contribution in [2.75, 3.05) is 14.1 Å². The lowest BCUT2D eigenvalue weighted by Crippen LogP contribution is -2.30. The van der Waals surface area contributed by atoms with E-state index in [1.165, 1.54) is 47.4 Å². The maximum atomic E-state index is 14.7. The molecule has 3 aromatic rings. The van der Waals surface area contributed by atoms with Crippen molar-refractivity contribution < 1.29 is 23.6 Å². The molecule has 0 unspecified atom stereocenters. The lowest BCUT2D eigenvalue weighted by Gasteiger charge is -2.12. The van der Waals surface area contributed by atoms with Crippen molar-refractivity contribution in [3.05, 3.63) is 59.5 Å². The SMILES string of the molecule is CN(C)C(=O)c1ccc([C@@H](F)Cn2nc3cccc(B(O)O)c3c2F)cc1. The number of rotatable bonds is 5. The number of benzene rings is 2. The minimum atomic E-state index is -1.86. The fourth-order valence-electron chi connectivity index (χ4n) is 2.85. The predicted molar refractivity (Wildman–Crippen MR) is 97.8 cm³/mol. The normalized spacial score (nSPS) is 12.2. The van der Waals surface area contributed by atoms with E-state index >= 15 is 0 Å². The summed E-state index contributed by atoms with van der Waals surface area (Å²) in [6, 6.07) is 10.4. The molecule has 1 atom stereocenters. The number of hydrogen-bond donors (Lipinski definition) is 2. The number of halogens is 2. The molecule has 27 heavy (non-hydrogen) atoms. The largest absolute Gasteiger partial charge is 0.489 e. The molecule has 0 saturated carbocycles. The van der Waals surface area contributed by atoms with Crippen LogP contribution in [-0.2, 0) is 6.54 Å². The number of carbonyl (C=O) groups is 1. The Balaban J connectivity index is 1.86. The van der Waals surface area contributed by atoms with Crippen LogP contribution in [0.4, 0.5) is 8.78 Å². The van der Waals surface area contributed by atoms with Gasteiger partial charge < -0.3 is 14.9 Å². The van der Waals surface area contributed by atoms with Crippen molar-refractivity contribution in [3.8, 4) is 0 Å². The number of carbonyl (C=O) groups excluding carboxylic acids is 1. The van der Waals surface area contributed by atoms with Gasteiger partial charge in [0, 0.05) is 19.7 Å². The van der Waals surface area contributed by atoms with Crippen molar-refractivity contribution in [2.24, 2.45) is 0 Å². The second-order valence-electron chi connectivity index (χ2n) is 6.38. The summed E-state index contributed by atoms with van der Waals surface area (Å²) in [7, 11) is 1.39. The quantitative estimate of drug-likeness (QED) is 0.661. The summed E-state index contributed by atoms with van der Waals surface area (Å²) >= 11 is 0. The predicted octanol–water partition coefficient (Wildman–Crippen LogP) is 1.27. The number of nitrogens with zero attached hydrogens (tertiary/aromatic N) is 3. The Labute approximate surface area is 154 Å². The van der Waals surface area contributed by atoms with E-state index in [0.717, 1.165) is 4.68 Å². The maximum absolute atomic E-state index is 14.7. The third-order valence-corrected chi connectivity index (χ3v) is 4.27. The molecule has 0 fully saturated rings. The molecule has 0 saturated heterocycles. The van der Waals surface area contributed by atoms with Gasteiger partial charge in [0.1, 0.15) is 6.17 Å². The van der Waals surface area contributed by atoms with Crippen LogP contribution >= 0.6 is 0 Å². The Hall–Kier alpha value is -2.78. The molecule has 2 N–H and O–H groups in total. The van der Waals surface area contributed by atoms with Crippen molar-refractivity contribution >= 4 is 29.4 Å². The molecule has 9 heteroatoms. The van der Waals surface area contributed by atoms with Crippen LogP contribution < -0.4 is 5.46 Å². The minimum Gasteiger partial charge on any atom is -0.423 e. The average molecular weight is 373 g/mol. The number of amides is 1. The zero-order valence-corrected chi connectivity index (χ0v) is 14.8. The highest BCUT2D eigenvalue weighted by Crippen LogP contribution is 2.23. The summed E-state index contributed by atoms with van der Waals surface area (Å²) in [5.74, 6) is -1.04. The van der Waals surface area contributed by atoms with Gasteiger partial charge in [0.15, 0.2) is 0 Å². The van der Waals surface area contributed by atoms with Gasteiger partial charge in [-0.1, -0.05) is 24.3 Å². The summed E-state index contributed by atoms with van der Waals surface area (Å²) < 4.78 is 30.2. The second kappa shape index (κ2) is 7.46. The number of fused-ring (bicyclic) bond motifs is 1. The summed E-state index contributed by atoms with van der Waals surface area (Å²) in [5, 5.41) is 22.7. The van der Waals surface area contributed by atoms with Crippen LogP contribution in [0.3, 0.4) is 0 Å². The second-order valence-corrected chi connectivity index (χ2v) is 6.38. The molecular weight excluding hydrogens is 355 g/mol. The van der Waals surface area contributed by atoms with Crippen molar-refractivity contribution in [2.45, 2.75) is 12.7 Å². The molecular formula is C18H18BF2N3O3. The summed E-state index contributed by atoms with van der Waals surface area (Å²) in [6.07, 6.45) is -1.56. The van der Waals surface area contributed by atoms with Gasteiger partial charge in [0.05, 0.1) is 17.4 Å². The lowest BCUT2D eigenvalue weighted by atomic mass is 9.78. The van der Waals surface area contributed by atoms with Gasteiger partial charge in [0.25, 0.3) is 5.91 Å². The van der Waals surface area contributed by atoms with E-state index in [2.05, 4.69) is 5.10 Å². The molecule has 140 valence electrons. The minimum absolute atomic E-state index is 0.0294. The molecule has 0 aliphatic heterocycles. The van der Waals surface area contributed by atoms with Crippen LogP contribution in [0.5, 0.6) is 0 Å². The van der Waals surface area contributed by atoms with Gasteiger partial charge in [-0.05, 0) is 29.2 Å². The average Bonchev–Trinajstić information content (AvgIpc) is 2.96. The number of alkyl halides is 1. The summed E-state index contributed by atoms with van der Waals surface area (Å²) in [4.78, 5) is 13.3. The van der Waals surface area contributed by atoms with E-state index in [9.17, 15) is 23.6 Å². The first-order valence-electron chi connectivity index (χ1n) is 8.26.